The van der Waals surface area contributed by atoms with Crippen LogP contribution < -0.4 is 16.4 Å². The van der Waals surface area contributed by atoms with Gasteiger partial charge in [0.15, 0.2) is 0 Å². The van der Waals surface area contributed by atoms with Crippen molar-refractivity contribution in [3.05, 3.63) is 29.6 Å². The van der Waals surface area contributed by atoms with E-state index >= 15 is 0 Å². The number of carbonyl (C=O) groups excluding carboxylic acids is 4. The third kappa shape index (κ3) is 2.39. The predicted octanol–water partition coefficient (Wildman–Crippen LogP) is 0.222. The molecule has 0 saturated carbocycles. The number of carbonyl (C=O) groups is 4. The Kier molecular flexibility index (Phi) is 4.22. The number of fused-ring (bicyclic) bond motifs is 4. The maximum atomic E-state index is 14.0. The van der Waals surface area contributed by atoms with E-state index in [1.54, 1.807) is 0 Å². The van der Waals surface area contributed by atoms with E-state index in [0.29, 0.717) is 12.1 Å². The lowest BCUT2D eigenvalue weighted by Crippen LogP contribution is -2.53. The van der Waals surface area contributed by atoms with Crippen LogP contribution in [0.2, 0.25) is 0 Å². The highest BCUT2D eigenvalue weighted by Gasteiger charge is 2.70. The van der Waals surface area contributed by atoms with Crippen molar-refractivity contribution in [2.75, 3.05) is 11.9 Å². The van der Waals surface area contributed by atoms with Gasteiger partial charge in [0, 0.05) is 30.3 Å². The summed E-state index contributed by atoms with van der Waals surface area (Å²) in [6, 6.07) is 3.04. The molecule has 4 amide bonds. The largest absolute Gasteiger partial charge is 0.370 e. The van der Waals surface area contributed by atoms with Gasteiger partial charge in [-0.2, -0.15) is 0 Å². The van der Waals surface area contributed by atoms with Gasteiger partial charge in [0.1, 0.15) is 11.4 Å². The lowest BCUT2D eigenvalue weighted by atomic mass is 9.76. The normalized spacial score (nSPS) is 30.7. The maximum absolute atomic E-state index is 14.0. The molecule has 4 atom stereocenters. The quantitative estimate of drug-likeness (QED) is 0.623. The fraction of sp³-hybridized carbons (Fsp3) is 0.474. The van der Waals surface area contributed by atoms with E-state index in [4.69, 9.17) is 5.73 Å². The number of nitrogens with zero attached hydrogens (tertiary/aromatic N) is 1. The summed E-state index contributed by atoms with van der Waals surface area (Å²) >= 11 is 0. The van der Waals surface area contributed by atoms with E-state index in [2.05, 4.69) is 10.6 Å². The number of benzene rings is 1. The van der Waals surface area contributed by atoms with Crippen molar-refractivity contribution in [1.29, 1.82) is 0 Å². The first-order valence-corrected chi connectivity index (χ1v) is 9.34. The Morgan fingerprint density at radius 2 is 2.04 bits per heavy atom. The van der Waals surface area contributed by atoms with E-state index in [1.165, 1.54) is 23.1 Å². The second-order valence-corrected chi connectivity index (χ2v) is 7.56. The monoisotopic (exact) mass is 388 g/mol. The van der Waals surface area contributed by atoms with E-state index in [0.717, 1.165) is 6.42 Å². The van der Waals surface area contributed by atoms with E-state index in [1.807, 2.05) is 6.92 Å². The molecule has 0 aliphatic carbocycles. The van der Waals surface area contributed by atoms with Gasteiger partial charge in [0.25, 0.3) is 0 Å². The number of amides is 4. The van der Waals surface area contributed by atoms with Gasteiger partial charge in [0.05, 0.1) is 11.8 Å². The Morgan fingerprint density at radius 1 is 1.29 bits per heavy atom. The predicted molar refractivity (Wildman–Crippen MR) is 96.1 cm³/mol. The fourth-order valence-electron chi connectivity index (χ4n) is 4.76. The van der Waals surface area contributed by atoms with Crippen LogP contribution in [0.4, 0.5) is 10.1 Å². The second-order valence-electron chi connectivity index (χ2n) is 7.56. The molecule has 148 valence electrons. The van der Waals surface area contributed by atoms with Gasteiger partial charge < -0.3 is 11.1 Å². The van der Waals surface area contributed by atoms with Crippen LogP contribution in [0.5, 0.6) is 0 Å². The van der Waals surface area contributed by atoms with Crippen molar-refractivity contribution >= 4 is 29.3 Å². The van der Waals surface area contributed by atoms with Crippen LogP contribution in [-0.4, -0.2) is 41.1 Å². The minimum Gasteiger partial charge on any atom is -0.370 e. The molecule has 4 rings (SSSR count). The van der Waals surface area contributed by atoms with Gasteiger partial charge in [-0.15, -0.1) is 0 Å². The van der Waals surface area contributed by atoms with Crippen LogP contribution in [0.3, 0.4) is 0 Å². The summed E-state index contributed by atoms with van der Waals surface area (Å²) in [5, 5.41) is 5.69. The maximum Gasteiger partial charge on any atom is 0.250 e. The Morgan fingerprint density at radius 3 is 2.71 bits per heavy atom. The number of rotatable bonds is 5. The lowest BCUT2D eigenvalue weighted by molar-refractivity contribution is -0.142. The van der Waals surface area contributed by atoms with Crippen molar-refractivity contribution in [3.8, 4) is 0 Å². The standard InChI is InChI=1S/C19H21FN4O4/c1-2-3-6-24-16(26)14-12(8-13(21)25)23-19(15(14)17(24)27)10-7-9(20)4-5-11(10)22-18(19)28/h4-5,7,12,14-15,23H,2-3,6,8H2,1H3,(H2,21,25)(H,22,28)/t12-,14-,15+,19-/m1/s1. The first-order chi connectivity index (χ1) is 13.3. The van der Waals surface area contributed by atoms with E-state index in [-0.39, 0.29) is 18.5 Å². The molecule has 9 heteroatoms. The number of unbranched alkanes of at least 4 members (excludes halogenated alkanes) is 1. The third-order valence-electron chi connectivity index (χ3n) is 5.92. The van der Waals surface area contributed by atoms with Crippen molar-refractivity contribution in [2.24, 2.45) is 17.6 Å². The first-order valence-electron chi connectivity index (χ1n) is 9.34. The number of likely N-dealkylation sites (tertiary alicyclic amines) is 1. The minimum absolute atomic E-state index is 0.207. The van der Waals surface area contributed by atoms with Crippen LogP contribution in [0.15, 0.2) is 18.2 Å². The summed E-state index contributed by atoms with van der Waals surface area (Å²) in [5.74, 6) is -4.61. The second kappa shape index (κ2) is 6.37. The van der Waals surface area contributed by atoms with E-state index < -0.39 is 52.9 Å². The van der Waals surface area contributed by atoms with Crippen LogP contribution in [-0.2, 0) is 24.7 Å². The number of primary amides is 1. The highest BCUT2D eigenvalue weighted by molar-refractivity contribution is 6.15. The molecule has 1 aromatic rings. The van der Waals surface area contributed by atoms with Crippen LogP contribution in [0, 0.1) is 17.7 Å². The van der Waals surface area contributed by atoms with Crippen molar-refractivity contribution in [2.45, 2.75) is 37.8 Å². The van der Waals surface area contributed by atoms with Crippen LogP contribution in [0.25, 0.3) is 0 Å². The molecule has 4 N–H and O–H groups in total. The lowest BCUT2D eigenvalue weighted by Gasteiger charge is -2.29. The van der Waals surface area contributed by atoms with Gasteiger partial charge in [-0.25, -0.2) is 4.39 Å². The number of nitrogens with two attached hydrogens (primary N) is 1. The van der Waals surface area contributed by atoms with Gasteiger partial charge in [-0.3, -0.25) is 29.4 Å². The zero-order valence-corrected chi connectivity index (χ0v) is 15.3. The smallest absolute Gasteiger partial charge is 0.250 e. The summed E-state index contributed by atoms with van der Waals surface area (Å²) in [4.78, 5) is 52.0. The molecule has 3 heterocycles. The number of hydrogen-bond acceptors (Lipinski definition) is 5. The molecule has 8 nitrogen and oxygen atoms in total. The molecule has 0 radical (unpaired) electrons. The molecular formula is C19H21FN4O4. The summed E-state index contributed by atoms with van der Waals surface area (Å²) in [6.45, 7) is 2.19. The van der Waals surface area contributed by atoms with Crippen LogP contribution in [0.1, 0.15) is 31.7 Å². The molecule has 0 aromatic heterocycles. The summed E-state index contributed by atoms with van der Waals surface area (Å²) < 4.78 is 14.0. The molecular weight excluding hydrogens is 367 g/mol. The highest BCUT2D eigenvalue weighted by atomic mass is 19.1. The first kappa shape index (κ1) is 18.5. The number of hydrogen-bond donors (Lipinski definition) is 3. The van der Waals surface area contributed by atoms with E-state index in [9.17, 15) is 23.6 Å². The fourth-order valence-corrected chi connectivity index (χ4v) is 4.76. The molecule has 1 aromatic carbocycles. The van der Waals surface area contributed by atoms with Gasteiger partial charge in [0.2, 0.25) is 23.6 Å². The molecule has 0 bridgehead atoms. The third-order valence-corrected chi connectivity index (χ3v) is 5.92. The molecule has 28 heavy (non-hydrogen) atoms. The number of anilines is 1. The number of halogens is 1. The molecule has 1 spiro atoms. The Bertz CT molecular complexity index is 904. The van der Waals surface area contributed by atoms with Crippen molar-refractivity contribution in [1.82, 2.24) is 10.2 Å². The van der Waals surface area contributed by atoms with Gasteiger partial charge in [-0.05, 0) is 24.6 Å². The van der Waals surface area contributed by atoms with Gasteiger partial charge in [-0.1, -0.05) is 13.3 Å². The zero-order chi connectivity index (χ0) is 20.2. The Hall–Kier alpha value is -2.81. The zero-order valence-electron chi connectivity index (χ0n) is 15.3. The minimum atomic E-state index is -1.60. The van der Waals surface area contributed by atoms with Crippen molar-refractivity contribution < 1.29 is 23.6 Å². The average molecular weight is 388 g/mol. The van der Waals surface area contributed by atoms with Gasteiger partial charge >= 0.3 is 0 Å². The molecule has 0 unspecified atom stereocenters. The SMILES string of the molecule is CCCCN1C(=O)[C@H]2[C@@H](C1=O)[C@@]1(N[C@@H]2CC(N)=O)C(=O)Nc2ccc(F)cc21. The number of nitrogens with one attached hydrogen (secondary N) is 2. The number of imide groups is 1. The molecule has 2 fully saturated rings. The summed E-state index contributed by atoms with van der Waals surface area (Å²) in [5.41, 5.74) is 4.40. The van der Waals surface area contributed by atoms with Crippen molar-refractivity contribution in [3.63, 3.8) is 0 Å². The van der Waals surface area contributed by atoms with Crippen LogP contribution >= 0.6 is 0 Å². The summed E-state index contributed by atoms with van der Waals surface area (Å²) in [7, 11) is 0. The Labute approximate surface area is 160 Å². The topological polar surface area (TPSA) is 122 Å². The Balaban J connectivity index is 1.85. The average Bonchev–Trinajstić information content (AvgIpc) is 3.19. The molecule has 2 saturated heterocycles. The molecule has 3 aliphatic heterocycles. The highest BCUT2D eigenvalue weighted by Crippen LogP contribution is 2.53. The summed E-state index contributed by atoms with van der Waals surface area (Å²) in [6.07, 6.45) is 1.21. The molecule has 3 aliphatic rings.